The van der Waals surface area contributed by atoms with E-state index in [2.05, 4.69) is 22.5 Å². The maximum Gasteiger partial charge on any atom is 0.240 e. The number of hydrogen-bond donors (Lipinski definition) is 2. The van der Waals surface area contributed by atoms with Gasteiger partial charge in [0.2, 0.25) is 5.91 Å². The summed E-state index contributed by atoms with van der Waals surface area (Å²) in [6.07, 6.45) is 2.24. The number of aromatic nitrogens is 1. The number of nitrogens with one attached hydrogen (secondary N) is 2. The maximum atomic E-state index is 11.5. The molecule has 0 aliphatic carbocycles. The van der Waals surface area contributed by atoms with Crippen molar-refractivity contribution >= 4 is 22.4 Å². The molecule has 1 amide bonds. The van der Waals surface area contributed by atoms with Gasteiger partial charge in [0.25, 0.3) is 0 Å². The monoisotopic (exact) mass is 241 g/mol. The van der Waals surface area contributed by atoms with Crippen LogP contribution in [0.25, 0.3) is 0 Å². The largest absolute Gasteiger partial charge is 0.308 e. The number of hydrogen-bond acceptors (Lipinski definition) is 4. The van der Waals surface area contributed by atoms with Crippen LogP contribution in [-0.2, 0) is 4.79 Å². The third-order valence-corrected chi connectivity index (χ3v) is 3.26. The molecule has 0 saturated carbocycles. The zero-order valence-electron chi connectivity index (χ0n) is 10.1. The van der Waals surface area contributed by atoms with Crippen LogP contribution in [-0.4, -0.2) is 24.0 Å². The lowest BCUT2D eigenvalue weighted by Crippen LogP contribution is -2.28. The number of nitrogens with zero attached hydrogens (tertiary/aromatic N) is 1. The van der Waals surface area contributed by atoms with Gasteiger partial charge in [-0.05, 0) is 26.8 Å². The molecule has 90 valence electrons. The van der Waals surface area contributed by atoms with Crippen molar-refractivity contribution in [3.63, 3.8) is 0 Å². The molecule has 0 bridgehead atoms. The number of carbonyl (C=O) groups excluding carboxylic acids is 1. The molecular formula is C11H19N3OS. The van der Waals surface area contributed by atoms with Crippen LogP contribution in [0.15, 0.2) is 0 Å². The molecule has 1 rings (SSSR count). The van der Waals surface area contributed by atoms with E-state index in [1.165, 1.54) is 11.3 Å². The van der Waals surface area contributed by atoms with E-state index in [0.29, 0.717) is 11.7 Å². The Morgan fingerprint density at radius 3 is 2.75 bits per heavy atom. The van der Waals surface area contributed by atoms with Crippen LogP contribution >= 0.6 is 11.3 Å². The van der Waals surface area contributed by atoms with E-state index in [9.17, 15) is 4.79 Å². The molecule has 16 heavy (non-hydrogen) atoms. The molecule has 0 saturated heterocycles. The molecule has 0 radical (unpaired) electrons. The van der Waals surface area contributed by atoms with Gasteiger partial charge >= 0.3 is 0 Å². The molecule has 0 fully saturated rings. The summed E-state index contributed by atoms with van der Waals surface area (Å²) in [5, 5.41) is 6.57. The number of aryl methyl sites for hydroxylation is 2. The second kappa shape index (κ2) is 6.60. The highest BCUT2D eigenvalue weighted by molar-refractivity contribution is 7.15. The molecule has 5 heteroatoms. The lowest BCUT2D eigenvalue weighted by atomic mass is 10.3. The fourth-order valence-corrected chi connectivity index (χ4v) is 2.02. The number of carbonyl (C=O) groups is 1. The van der Waals surface area contributed by atoms with E-state index >= 15 is 0 Å². The van der Waals surface area contributed by atoms with Gasteiger partial charge in [-0.2, -0.15) is 0 Å². The molecule has 0 spiro atoms. The van der Waals surface area contributed by atoms with Crippen LogP contribution in [0.4, 0.5) is 5.13 Å². The van der Waals surface area contributed by atoms with Crippen LogP contribution in [0.5, 0.6) is 0 Å². The Balaban J connectivity index is 2.28. The first kappa shape index (κ1) is 13.1. The highest BCUT2D eigenvalue weighted by Gasteiger charge is 2.06. The topological polar surface area (TPSA) is 54.0 Å². The predicted molar refractivity (Wildman–Crippen MR) is 68.0 cm³/mol. The van der Waals surface area contributed by atoms with Gasteiger partial charge in [0.05, 0.1) is 12.2 Å². The van der Waals surface area contributed by atoms with Crippen LogP contribution in [0, 0.1) is 13.8 Å². The Kier molecular flexibility index (Phi) is 5.42. The Hall–Kier alpha value is -0.940. The van der Waals surface area contributed by atoms with E-state index < -0.39 is 0 Å². The zero-order chi connectivity index (χ0) is 12.0. The Morgan fingerprint density at radius 1 is 1.44 bits per heavy atom. The summed E-state index contributed by atoms with van der Waals surface area (Å²) in [5.74, 6) is -0.0233. The van der Waals surface area contributed by atoms with Crippen LogP contribution in [0.1, 0.15) is 30.3 Å². The van der Waals surface area contributed by atoms with Crippen molar-refractivity contribution in [2.75, 3.05) is 18.4 Å². The molecule has 0 atom stereocenters. The zero-order valence-corrected chi connectivity index (χ0v) is 10.9. The minimum Gasteiger partial charge on any atom is -0.308 e. The highest BCUT2D eigenvalue weighted by atomic mass is 32.1. The molecule has 0 aliphatic rings. The van der Waals surface area contributed by atoms with Gasteiger partial charge in [-0.3, -0.25) is 4.79 Å². The minimum absolute atomic E-state index is 0.0233. The second-order valence-electron chi connectivity index (χ2n) is 3.74. The summed E-state index contributed by atoms with van der Waals surface area (Å²) in [6, 6.07) is 0. The first-order valence-electron chi connectivity index (χ1n) is 5.58. The molecule has 1 heterocycles. The maximum absolute atomic E-state index is 11.5. The first-order chi connectivity index (χ1) is 7.63. The Bertz CT molecular complexity index is 329. The normalized spacial score (nSPS) is 10.4. The van der Waals surface area contributed by atoms with E-state index in [1.807, 2.05) is 13.8 Å². The van der Waals surface area contributed by atoms with E-state index in [-0.39, 0.29) is 5.91 Å². The smallest absolute Gasteiger partial charge is 0.240 e. The third kappa shape index (κ3) is 4.28. The minimum atomic E-state index is -0.0233. The number of amides is 1. The number of rotatable bonds is 6. The van der Waals surface area contributed by atoms with Crippen molar-refractivity contribution in [2.45, 2.75) is 33.6 Å². The molecule has 0 unspecified atom stereocenters. The molecule has 1 aromatic heterocycles. The Morgan fingerprint density at radius 2 is 2.19 bits per heavy atom. The summed E-state index contributed by atoms with van der Waals surface area (Å²) >= 11 is 1.52. The van der Waals surface area contributed by atoms with Crippen LogP contribution < -0.4 is 10.6 Å². The molecule has 1 aromatic rings. The van der Waals surface area contributed by atoms with Gasteiger partial charge in [-0.1, -0.05) is 13.3 Å². The average Bonchev–Trinajstić information content (AvgIpc) is 2.53. The SMILES string of the molecule is CCCCNCC(=O)Nc1nc(C)c(C)s1. The van der Waals surface area contributed by atoms with Gasteiger partial charge in [0, 0.05) is 4.88 Å². The van der Waals surface area contributed by atoms with Crippen molar-refractivity contribution < 1.29 is 4.79 Å². The van der Waals surface area contributed by atoms with Gasteiger partial charge < -0.3 is 10.6 Å². The quantitative estimate of drug-likeness (QED) is 0.750. The van der Waals surface area contributed by atoms with Crippen molar-refractivity contribution in [3.05, 3.63) is 10.6 Å². The standard InChI is InChI=1S/C11H19N3OS/c1-4-5-6-12-7-10(15)14-11-13-8(2)9(3)16-11/h12H,4-7H2,1-3H3,(H,13,14,15). The van der Waals surface area contributed by atoms with Crippen LogP contribution in [0.2, 0.25) is 0 Å². The lowest BCUT2D eigenvalue weighted by Gasteiger charge is -2.03. The number of unbranched alkanes of at least 4 members (excludes halogenated alkanes) is 1. The Labute approximate surface area is 100 Å². The highest BCUT2D eigenvalue weighted by Crippen LogP contribution is 2.20. The molecule has 0 aromatic carbocycles. The summed E-state index contributed by atoms with van der Waals surface area (Å²) in [7, 11) is 0. The molecule has 0 aliphatic heterocycles. The van der Waals surface area contributed by atoms with Gasteiger partial charge in [0.15, 0.2) is 5.13 Å². The van der Waals surface area contributed by atoms with Gasteiger partial charge in [-0.15, -0.1) is 11.3 Å². The number of thiazole rings is 1. The lowest BCUT2D eigenvalue weighted by molar-refractivity contribution is -0.115. The summed E-state index contributed by atoms with van der Waals surface area (Å²) in [4.78, 5) is 16.9. The second-order valence-corrected chi connectivity index (χ2v) is 4.94. The van der Waals surface area contributed by atoms with E-state index in [1.54, 1.807) is 0 Å². The van der Waals surface area contributed by atoms with E-state index in [4.69, 9.17) is 0 Å². The third-order valence-electron chi connectivity index (χ3n) is 2.27. The fraction of sp³-hybridized carbons (Fsp3) is 0.636. The first-order valence-corrected chi connectivity index (χ1v) is 6.39. The van der Waals surface area contributed by atoms with Crippen molar-refractivity contribution in [1.82, 2.24) is 10.3 Å². The molecule has 4 nitrogen and oxygen atoms in total. The molecular weight excluding hydrogens is 222 g/mol. The predicted octanol–water partition coefficient (Wildman–Crippen LogP) is 2.09. The van der Waals surface area contributed by atoms with E-state index in [0.717, 1.165) is 30.0 Å². The van der Waals surface area contributed by atoms with Crippen LogP contribution in [0.3, 0.4) is 0 Å². The van der Waals surface area contributed by atoms with Gasteiger partial charge in [0.1, 0.15) is 0 Å². The fourth-order valence-electron chi connectivity index (χ4n) is 1.19. The summed E-state index contributed by atoms with van der Waals surface area (Å²) in [5.41, 5.74) is 0.985. The van der Waals surface area contributed by atoms with Crippen molar-refractivity contribution in [3.8, 4) is 0 Å². The molecule has 2 N–H and O–H groups in total. The van der Waals surface area contributed by atoms with Crippen molar-refractivity contribution in [2.24, 2.45) is 0 Å². The average molecular weight is 241 g/mol. The summed E-state index contributed by atoms with van der Waals surface area (Å²) < 4.78 is 0. The number of anilines is 1. The van der Waals surface area contributed by atoms with Gasteiger partial charge in [-0.25, -0.2) is 4.98 Å². The van der Waals surface area contributed by atoms with Crippen molar-refractivity contribution in [1.29, 1.82) is 0 Å². The summed E-state index contributed by atoms with van der Waals surface area (Å²) in [6.45, 7) is 7.32.